The molecule has 2 atom stereocenters. The number of fused-ring (bicyclic) bond motifs is 1. The Morgan fingerprint density at radius 2 is 2.08 bits per heavy atom. The molecule has 2 rings (SSSR count). The van der Waals surface area contributed by atoms with Gasteiger partial charge in [-0.3, -0.25) is 0 Å². The second kappa shape index (κ2) is 3.72. The fourth-order valence-corrected chi connectivity index (χ4v) is 2.26. The molecule has 0 aliphatic heterocycles. The molecule has 2 heteroatoms. The maximum atomic E-state index is 9.93. The maximum absolute atomic E-state index is 9.93. The van der Waals surface area contributed by atoms with Crippen molar-refractivity contribution in [2.45, 2.75) is 30.6 Å². The molecule has 0 aromatic heterocycles. The summed E-state index contributed by atoms with van der Waals surface area (Å²) in [7, 11) is 0. The Morgan fingerprint density at radius 3 is 2.92 bits per heavy atom. The van der Waals surface area contributed by atoms with Crippen LogP contribution in [-0.2, 0) is 6.42 Å². The molecule has 0 radical (unpaired) electrons. The molecule has 1 aromatic carbocycles. The summed E-state index contributed by atoms with van der Waals surface area (Å²) < 4.78 is 0. The molecule has 0 saturated carbocycles. The van der Waals surface area contributed by atoms with Gasteiger partial charge in [-0.25, -0.2) is 0 Å². The second-order valence-corrected chi connectivity index (χ2v) is 4.27. The molecule has 1 aliphatic rings. The van der Waals surface area contributed by atoms with Crippen molar-refractivity contribution in [3.8, 4) is 0 Å². The van der Waals surface area contributed by atoms with Crippen molar-refractivity contribution in [1.29, 1.82) is 0 Å². The molecule has 2 unspecified atom stereocenters. The Balaban J connectivity index is 2.40. The van der Waals surface area contributed by atoms with E-state index < -0.39 is 0 Å². The Morgan fingerprint density at radius 1 is 1.31 bits per heavy atom. The summed E-state index contributed by atoms with van der Waals surface area (Å²) in [4.78, 5) is 0. The number of hydrogen-bond acceptors (Lipinski definition) is 2. The number of aliphatic hydroxyl groups is 1. The molecule has 1 N–H and O–H groups in total. The molecule has 70 valence electrons. The van der Waals surface area contributed by atoms with Crippen molar-refractivity contribution in [1.82, 2.24) is 0 Å². The molecule has 13 heavy (non-hydrogen) atoms. The van der Waals surface area contributed by atoms with Crippen LogP contribution in [0, 0.1) is 0 Å². The zero-order valence-electron chi connectivity index (χ0n) is 7.48. The van der Waals surface area contributed by atoms with E-state index in [0.717, 1.165) is 24.8 Å². The SMILES string of the molecule is OC1c2ccccc2CCCC1S. The first kappa shape index (κ1) is 9.10. The Kier molecular flexibility index (Phi) is 2.61. The average molecular weight is 194 g/mol. The van der Waals surface area contributed by atoms with Gasteiger partial charge >= 0.3 is 0 Å². The van der Waals surface area contributed by atoms with Crippen LogP contribution in [0.2, 0.25) is 0 Å². The van der Waals surface area contributed by atoms with Crippen molar-refractivity contribution in [3.63, 3.8) is 0 Å². The van der Waals surface area contributed by atoms with E-state index in [1.165, 1.54) is 5.56 Å². The lowest BCUT2D eigenvalue weighted by atomic mass is 10.0. The minimum Gasteiger partial charge on any atom is -0.387 e. The van der Waals surface area contributed by atoms with Gasteiger partial charge in [-0.2, -0.15) is 12.6 Å². The maximum Gasteiger partial charge on any atom is 0.0908 e. The number of rotatable bonds is 0. The minimum absolute atomic E-state index is 0.101. The van der Waals surface area contributed by atoms with Crippen LogP contribution >= 0.6 is 12.6 Å². The standard InChI is InChI=1S/C11H14OS/c12-11-9-6-2-1-4-8(9)5-3-7-10(11)13/h1-2,4,6,10-13H,3,5,7H2. The van der Waals surface area contributed by atoms with Gasteiger partial charge in [0.1, 0.15) is 0 Å². The molecule has 0 spiro atoms. The highest BCUT2D eigenvalue weighted by molar-refractivity contribution is 7.81. The van der Waals surface area contributed by atoms with E-state index in [9.17, 15) is 5.11 Å². The summed E-state index contributed by atoms with van der Waals surface area (Å²) >= 11 is 4.40. The lowest BCUT2D eigenvalue weighted by Gasteiger charge is -2.16. The van der Waals surface area contributed by atoms with Crippen LogP contribution in [0.4, 0.5) is 0 Å². The van der Waals surface area contributed by atoms with E-state index in [2.05, 4.69) is 18.7 Å². The first-order chi connectivity index (χ1) is 6.29. The number of hydrogen-bond donors (Lipinski definition) is 2. The lowest BCUT2D eigenvalue weighted by molar-refractivity contribution is 0.173. The molecule has 0 heterocycles. The van der Waals surface area contributed by atoms with E-state index in [1.807, 2.05) is 18.2 Å². The fourth-order valence-electron chi connectivity index (χ4n) is 1.92. The van der Waals surface area contributed by atoms with Gasteiger partial charge in [-0.15, -0.1) is 0 Å². The predicted octanol–water partition coefficient (Wildman–Crippen LogP) is 2.35. The summed E-state index contributed by atoms with van der Waals surface area (Å²) in [5.74, 6) is 0. The first-order valence-electron chi connectivity index (χ1n) is 4.73. The predicted molar refractivity (Wildman–Crippen MR) is 57.1 cm³/mol. The zero-order valence-corrected chi connectivity index (χ0v) is 8.37. The normalized spacial score (nSPS) is 27.8. The Labute approximate surface area is 84.2 Å². The zero-order chi connectivity index (χ0) is 9.26. The van der Waals surface area contributed by atoms with Crippen LogP contribution < -0.4 is 0 Å². The van der Waals surface area contributed by atoms with Crippen LogP contribution in [0.1, 0.15) is 30.1 Å². The van der Waals surface area contributed by atoms with Crippen molar-refractivity contribution in [3.05, 3.63) is 35.4 Å². The van der Waals surface area contributed by atoms with Gasteiger partial charge in [0, 0.05) is 5.25 Å². The quantitative estimate of drug-likeness (QED) is 0.480. The molecule has 1 aliphatic carbocycles. The van der Waals surface area contributed by atoms with Crippen molar-refractivity contribution >= 4 is 12.6 Å². The third kappa shape index (κ3) is 1.74. The largest absolute Gasteiger partial charge is 0.387 e. The second-order valence-electron chi connectivity index (χ2n) is 3.60. The number of thiol groups is 1. The fraction of sp³-hybridized carbons (Fsp3) is 0.455. The van der Waals surface area contributed by atoms with Crippen LogP contribution in [0.3, 0.4) is 0 Å². The average Bonchev–Trinajstić information content (AvgIpc) is 2.29. The van der Waals surface area contributed by atoms with Gasteiger partial charge in [0.25, 0.3) is 0 Å². The van der Waals surface area contributed by atoms with Gasteiger partial charge in [-0.1, -0.05) is 24.3 Å². The van der Waals surface area contributed by atoms with Crippen LogP contribution in [0.15, 0.2) is 24.3 Å². The van der Waals surface area contributed by atoms with Crippen LogP contribution in [0.5, 0.6) is 0 Å². The number of aryl methyl sites for hydroxylation is 1. The molecule has 0 saturated heterocycles. The van der Waals surface area contributed by atoms with Crippen molar-refractivity contribution < 1.29 is 5.11 Å². The highest BCUT2D eigenvalue weighted by Crippen LogP contribution is 2.31. The Hall–Kier alpha value is -0.470. The smallest absolute Gasteiger partial charge is 0.0908 e. The summed E-state index contributed by atoms with van der Waals surface area (Å²) in [5, 5.41) is 10.0. The van der Waals surface area contributed by atoms with Gasteiger partial charge < -0.3 is 5.11 Å². The summed E-state index contributed by atoms with van der Waals surface area (Å²) in [6, 6.07) is 8.12. The summed E-state index contributed by atoms with van der Waals surface area (Å²) in [6.07, 6.45) is 2.81. The van der Waals surface area contributed by atoms with E-state index in [-0.39, 0.29) is 11.4 Å². The molecular formula is C11H14OS. The minimum atomic E-state index is -0.387. The monoisotopic (exact) mass is 194 g/mol. The molecule has 0 fully saturated rings. The molecular weight excluding hydrogens is 180 g/mol. The van der Waals surface area contributed by atoms with Crippen LogP contribution in [0.25, 0.3) is 0 Å². The third-order valence-corrected chi connectivity index (χ3v) is 3.22. The first-order valence-corrected chi connectivity index (χ1v) is 5.24. The van der Waals surface area contributed by atoms with Gasteiger partial charge in [0.15, 0.2) is 0 Å². The van der Waals surface area contributed by atoms with Crippen molar-refractivity contribution in [2.24, 2.45) is 0 Å². The van der Waals surface area contributed by atoms with E-state index in [1.54, 1.807) is 0 Å². The van der Waals surface area contributed by atoms with E-state index in [0.29, 0.717) is 0 Å². The Bertz CT molecular complexity index is 298. The van der Waals surface area contributed by atoms with Gasteiger partial charge in [-0.05, 0) is 30.4 Å². The molecule has 0 amide bonds. The highest BCUT2D eigenvalue weighted by atomic mass is 32.1. The lowest BCUT2D eigenvalue weighted by Crippen LogP contribution is -2.10. The number of aliphatic hydroxyl groups excluding tert-OH is 1. The molecule has 1 aromatic rings. The topological polar surface area (TPSA) is 20.2 Å². The van der Waals surface area contributed by atoms with E-state index >= 15 is 0 Å². The summed E-state index contributed by atoms with van der Waals surface area (Å²) in [6.45, 7) is 0. The molecule has 0 bridgehead atoms. The van der Waals surface area contributed by atoms with Gasteiger partial charge in [0.05, 0.1) is 6.10 Å². The van der Waals surface area contributed by atoms with Crippen LogP contribution in [-0.4, -0.2) is 10.4 Å². The van der Waals surface area contributed by atoms with Gasteiger partial charge in [0.2, 0.25) is 0 Å². The number of benzene rings is 1. The third-order valence-electron chi connectivity index (χ3n) is 2.68. The van der Waals surface area contributed by atoms with E-state index in [4.69, 9.17) is 0 Å². The highest BCUT2D eigenvalue weighted by Gasteiger charge is 2.22. The summed E-state index contributed by atoms with van der Waals surface area (Å²) in [5.41, 5.74) is 2.35. The van der Waals surface area contributed by atoms with Crippen molar-refractivity contribution in [2.75, 3.05) is 0 Å². The molecule has 1 nitrogen and oxygen atoms in total.